The monoisotopic (exact) mass is 288 g/mol. The number of benzene rings is 2. The highest BCUT2D eigenvalue weighted by atomic mass is 16.2. The van der Waals surface area contributed by atoms with Gasteiger partial charge in [-0.3, -0.25) is 4.79 Å². The van der Waals surface area contributed by atoms with E-state index in [-0.39, 0.29) is 5.91 Å². The van der Waals surface area contributed by atoms with E-state index in [4.69, 9.17) is 0 Å². The molecule has 3 nitrogen and oxygen atoms in total. The summed E-state index contributed by atoms with van der Waals surface area (Å²) in [6.07, 6.45) is 4.08. The van der Waals surface area contributed by atoms with Gasteiger partial charge in [0, 0.05) is 47.9 Å². The number of hydrogen-bond acceptors (Lipinski definition) is 1. The van der Waals surface area contributed by atoms with Crippen molar-refractivity contribution < 1.29 is 4.79 Å². The molecule has 2 aromatic carbocycles. The first-order valence-electron chi connectivity index (χ1n) is 7.30. The fourth-order valence-electron chi connectivity index (χ4n) is 3.18. The molecule has 0 saturated heterocycles. The molecule has 1 aromatic heterocycles. The van der Waals surface area contributed by atoms with Crippen molar-refractivity contribution in [3.63, 3.8) is 0 Å². The molecule has 0 aliphatic carbocycles. The van der Waals surface area contributed by atoms with Crippen molar-refractivity contribution in [2.75, 3.05) is 11.9 Å². The standard InChI is InChI=1S/C19H16N2O/c1-20-12-13(14-7-3-5-9-17(14)20)11-16-15-8-4-6-10-18(15)21(2)19(16)22/h3-12H,1-2H3/b16-11-. The minimum Gasteiger partial charge on any atom is -0.350 e. The number of hydrogen-bond donors (Lipinski definition) is 0. The first-order chi connectivity index (χ1) is 10.7. The molecule has 0 unspecified atom stereocenters. The highest BCUT2D eigenvalue weighted by Gasteiger charge is 2.29. The molecule has 3 aromatic rings. The Morgan fingerprint density at radius 2 is 1.68 bits per heavy atom. The molecule has 3 heteroatoms. The predicted octanol–water partition coefficient (Wildman–Crippen LogP) is 3.70. The molecule has 1 aliphatic heterocycles. The SMILES string of the molecule is CN1C(=O)/C(=C\c2cn(C)c3ccccc23)c2ccccc21. The average molecular weight is 288 g/mol. The van der Waals surface area contributed by atoms with Crippen LogP contribution in [0.25, 0.3) is 22.6 Å². The summed E-state index contributed by atoms with van der Waals surface area (Å²) in [5, 5.41) is 1.16. The van der Waals surface area contributed by atoms with Crippen molar-refractivity contribution in [3.05, 3.63) is 65.9 Å². The summed E-state index contributed by atoms with van der Waals surface area (Å²) >= 11 is 0. The molecular weight excluding hydrogens is 272 g/mol. The van der Waals surface area contributed by atoms with Gasteiger partial charge in [-0.2, -0.15) is 0 Å². The molecule has 0 atom stereocenters. The number of anilines is 1. The van der Waals surface area contributed by atoms with Gasteiger partial charge in [0.15, 0.2) is 0 Å². The second-order valence-corrected chi connectivity index (χ2v) is 5.65. The van der Waals surface area contributed by atoms with Crippen LogP contribution >= 0.6 is 0 Å². The normalized spacial score (nSPS) is 15.8. The Bertz CT molecular complexity index is 934. The maximum atomic E-state index is 12.6. The second-order valence-electron chi connectivity index (χ2n) is 5.65. The predicted molar refractivity (Wildman–Crippen MR) is 90.6 cm³/mol. The molecule has 22 heavy (non-hydrogen) atoms. The zero-order valence-corrected chi connectivity index (χ0v) is 12.6. The summed E-state index contributed by atoms with van der Waals surface area (Å²) in [6.45, 7) is 0. The van der Waals surface area contributed by atoms with Crippen LogP contribution in [0.2, 0.25) is 0 Å². The van der Waals surface area contributed by atoms with Gasteiger partial charge in [-0.05, 0) is 18.2 Å². The lowest BCUT2D eigenvalue weighted by molar-refractivity contribution is -0.112. The summed E-state index contributed by atoms with van der Waals surface area (Å²) in [5.41, 5.74) is 4.98. The molecule has 0 bridgehead atoms. The Hall–Kier alpha value is -2.81. The van der Waals surface area contributed by atoms with Crippen LogP contribution in [0.1, 0.15) is 11.1 Å². The fourth-order valence-corrected chi connectivity index (χ4v) is 3.18. The molecule has 4 rings (SSSR count). The number of nitrogens with zero attached hydrogens (tertiary/aromatic N) is 2. The van der Waals surface area contributed by atoms with Crippen LogP contribution < -0.4 is 4.90 Å². The van der Waals surface area contributed by atoms with Crippen LogP contribution in [0.4, 0.5) is 5.69 Å². The lowest BCUT2D eigenvalue weighted by atomic mass is 10.0. The van der Waals surface area contributed by atoms with Crippen LogP contribution in [0.3, 0.4) is 0 Å². The van der Waals surface area contributed by atoms with E-state index in [1.807, 2.05) is 56.6 Å². The number of aryl methyl sites for hydroxylation is 1. The van der Waals surface area contributed by atoms with Gasteiger partial charge in [0.2, 0.25) is 0 Å². The van der Waals surface area contributed by atoms with Gasteiger partial charge in [0.25, 0.3) is 5.91 Å². The number of carbonyl (C=O) groups is 1. The molecule has 0 spiro atoms. The molecule has 2 heterocycles. The Labute approximate surface area is 129 Å². The molecule has 1 aliphatic rings. The maximum Gasteiger partial charge on any atom is 0.258 e. The van der Waals surface area contributed by atoms with Gasteiger partial charge >= 0.3 is 0 Å². The lowest BCUT2D eigenvalue weighted by Gasteiger charge is -2.07. The van der Waals surface area contributed by atoms with E-state index in [9.17, 15) is 4.79 Å². The van der Waals surface area contributed by atoms with Gasteiger partial charge in [-0.1, -0.05) is 36.4 Å². The smallest absolute Gasteiger partial charge is 0.258 e. The number of likely N-dealkylation sites (N-methyl/N-ethyl adjacent to an activating group) is 1. The highest BCUT2D eigenvalue weighted by molar-refractivity contribution is 6.36. The van der Waals surface area contributed by atoms with E-state index in [2.05, 4.69) is 22.9 Å². The van der Waals surface area contributed by atoms with Crippen molar-refractivity contribution in [3.8, 4) is 0 Å². The average Bonchev–Trinajstić information content (AvgIpc) is 2.99. The largest absolute Gasteiger partial charge is 0.350 e. The van der Waals surface area contributed by atoms with Crippen LogP contribution in [0.15, 0.2) is 54.7 Å². The van der Waals surface area contributed by atoms with Gasteiger partial charge in [0.1, 0.15) is 0 Å². The fraction of sp³-hybridized carbons (Fsp3) is 0.105. The Morgan fingerprint density at radius 3 is 2.55 bits per heavy atom. The summed E-state index contributed by atoms with van der Waals surface area (Å²) in [7, 11) is 3.85. The number of para-hydroxylation sites is 2. The van der Waals surface area contributed by atoms with Crippen molar-refractivity contribution >= 4 is 34.1 Å². The van der Waals surface area contributed by atoms with Crippen LogP contribution in [0, 0.1) is 0 Å². The molecular formula is C19H16N2O. The summed E-state index contributed by atoms with van der Waals surface area (Å²) in [5.74, 6) is 0.0501. The van der Waals surface area contributed by atoms with E-state index >= 15 is 0 Å². The quantitative estimate of drug-likeness (QED) is 0.627. The number of aromatic nitrogens is 1. The topological polar surface area (TPSA) is 25.2 Å². The maximum absolute atomic E-state index is 12.6. The number of amides is 1. The van der Waals surface area contributed by atoms with Crippen molar-refractivity contribution in [1.29, 1.82) is 0 Å². The van der Waals surface area contributed by atoms with Crippen LogP contribution in [-0.4, -0.2) is 17.5 Å². The van der Waals surface area contributed by atoms with E-state index in [0.29, 0.717) is 0 Å². The number of carbonyl (C=O) groups excluding carboxylic acids is 1. The van der Waals surface area contributed by atoms with Gasteiger partial charge < -0.3 is 9.47 Å². The molecule has 1 amide bonds. The molecule has 0 N–H and O–H groups in total. The Balaban J connectivity index is 1.94. The third-order valence-electron chi connectivity index (χ3n) is 4.32. The first kappa shape index (κ1) is 12.9. The van der Waals surface area contributed by atoms with Crippen molar-refractivity contribution in [2.45, 2.75) is 0 Å². The molecule has 0 saturated carbocycles. The zero-order chi connectivity index (χ0) is 15.3. The highest BCUT2D eigenvalue weighted by Crippen LogP contribution is 2.37. The van der Waals surface area contributed by atoms with E-state index in [0.717, 1.165) is 27.8 Å². The van der Waals surface area contributed by atoms with Crippen molar-refractivity contribution in [1.82, 2.24) is 4.57 Å². The Kier molecular flexibility index (Phi) is 2.70. The zero-order valence-electron chi connectivity index (χ0n) is 12.6. The third-order valence-corrected chi connectivity index (χ3v) is 4.32. The first-order valence-corrected chi connectivity index (χ1v) is 7.30. The molecule has 0 radical (unpaired) electrons. The molecule has 108 valence electrons. The second kappa shape index (κ2) is 4.60. The third kappa shape index (κ3) is 1.72. The van der Waals surface area contributed by atoms with E-state index in [1.165, 1.54) is 5.52 Å². The van der Waals surface area contributed by atoms with Crippen LogP contribution in [0.5, 0.6) is 0 Å². The van der Waals surface area contributed by atoms with E-state index < -0.39 is 0 Å². The molecule has 0 fully saturated rings. The summed E-state index contributed by atoms with van der Waals surface area (Å²) < 4.78 is 2.09. The lowest BCUT2D eigenvalue weighted by Crippen LogP contribution is -2.20. The minimum atomic E-state index is 0.0501. The number of fused-ring (bicyclic) bond motifs is 2. The van der Waals surface area contributed by atoms with Crippen molar-refractivity contribution in [2.24, 2.45) is 7.05 Å². The van der Waals surface area contributed by atoms with Gasteiger partial charge in [-0.25, -0.2) is 0 Å². The summed E-state index contributed by atoms with van der Waals surface area (Å²) in [4.78, 5) is 14.3. The van der Waals surface area contributed by atoms with Gasteiger partial charge in [0.05, 0.1) is 5.69 Å². The Morgan fingerprint density at radius 1 is 0.955 bits per heavy atom. The van der Waals surface area contributed by atoms with E-state index in [1.54, 1.807) is 4.90 Å². The minimum absolute atomic E-state index is 0.0501. The van der Waals surface area contributed by atoms with Crippen LogP contribution in [-0.2, 0) is 11.8 Å². The number of rotatable bonds is 1. The summed E-state index contributed by atoms with van der Waals surface area (Å²) in [6, 6.07) is 16.2. The van der Waals surface area contributed by atoms with Gasteiger partial charge in [-0.15, -0.1) is 0 Å².